The molecule has 0 amide bonds. The zero-order valence-corrected chi connectivity index (χ0v) is 15.4. The Bertz CT molecular complexity index is 601. The van der Waals surface area contributed by atoms with Crippen LogP contribution in [0.3, 0.4) is 0 Å². The molecule has 2 aromatic rings. The van der Waals surface area contributed by atoms with Crippen LogP contribution in [0, 0.1) is 0 Å². The fourth-order valence-corrected chi connectivity index (χ4v) is 3.14. The van der Waals surface area contributed by atoms with Crippen molar-refractivity contribution < 1.29 is 4.74 Å². The molecule has 0 radical (unpaired) electrons. The predicted octanol–water partition coefficient (Wildman–Crippen LogP) is 6.06. The van der Waals surface area contributed by atoms with Gasteiger partial charge in [0, 0.05) is 10.5 Å². The van der Waals surface area contributed by atoms with Crippen LogP contribution >= 0.6 is 31.9 Å². The van der Waals surface area contributed by atoms with E-state index >= 15 is 0 Å². The van der Waals surface area contributed by atoms with Gasteiger partial charge in [-0.2, -0.15) is 0 Å². The van der Waals surface area contributed by atoms with Gasteiger partial charge in [-0.25, -0.2) is 0 Å². The van der Waals surface area contributed by atoms with Crippen LogP contribution in [-0.4, -0.2) is 6.54 Å². The van der Waals surface area contributed by atoms with Gasteiger partial charge >= 0.3 is 0 Å². The Labute approximate surface area is 143 Å². The maximum Gasteiger partial charge on any atom is 0.141 e. The number of benzene rings is 2. The van der Waals surface area contributed by atoms with Crippen LogP contribution in [0.1, 0.15) is 31.9 Å². The Morgan fingerprint density at radius 2 is 1.95 bits per heavy atom. The quantitative estimate of drug-likeness (QED) is 0.622. The number of hydrogen-bond donors (Lipinski definition) is 1. The van der Waals surface area contributed by atoms with Gasteiger partial charge < -0.3 is 10.1 Å². The molecule has 0 spiro atoms. The average Bonchev–Trinajstić information content (AvgIpc) is 2.48. The first kappa shape index (κ1) is 16.5. The minimum Gasteiger partial charge on any atom is -0.456 e. The summed E-state index contributed by atoms with van der Waals surface area (Å²) in [6, 6.07) is 14.4. The van der Waals surface area contributed by atoms with E-state index in [-0.39, 0.29) is 0 Å². The molecule has 0 bridgehead atoms. The molecule has 0 aliphatic heterocycles. The second-order valence-corrected chi connectivity index (χ2v) is 6.70. The molecular weight excluding hydrogens is 394 g/mol. The highest BCUT2D eigenvalue weighted by Crippen LogP contribution is 2.32. The third-order valence-corrected chi connectivity index (χ3v) is 4.29. The summed E-state index contributed by atoms with van der Waals surface area (Å²) < 4.78 is 7.92. The molecule has 0 fully saturated rings. The molecular formula is C17H19Br2NO. The lowest BCUT2D eigenvalue weighted by molar-refractivity contribution is 0.476. The minimum absolute atomic E-state index is 0.321. The fraction of sp³-hybridized carbons (Fsp3) is 0.294. The maximum atomic E-state index is 5.96. The highest BCUT2D eigenvalue weighted by atomic mass is 79.9. The maximum absolute atomic E-state index is 5.96. The van der Waals surface area contributed by atoms with Crippen LogP contribution in [0.4, 0.5) is 0 Å². The number of nitrogens with one attached hydrogen (secondary N) is 1. The van der Waals surface area contributed by atoms with E-state index in [4.69, 9.17) is 4.74 Å². The summed E-state index contributed by atoms with van der Waals surface area (Å²) in [7, 11) is 0. The highest BCUT2D eigenvalue weighted by molar-refractivity contribution is 9.11. The largest absolute Gasteiger partial charge is 0.456 e. The molecule has 0 aromatic heterocycles. The van der Waals surface area contributed by atoms with Crippen LogP contribution in [-0.2, 0) is 0 Å². The SMILES string of the molecule is CCCNC(C)c1cccc(Oc2ccc(Br)cc2Br)c1. The summed E-state index contributed by atoms with van der Waals surface area (Å²) in [4.78, 5) is 0. The Morgan fingerprint density at radius 3 is 2.67 bits per heavy atom. The zero-order valence-electron chi connectivity index (χ0n) is 12.2. The molecule has 1 unspecified atom stereocenters. The second-order valence-electron chi connectivity index (χ2n) is 4.93. The van der Waals surface area contributed by atoms with Crippen LogP contribution in [0.25, 0.3) is 0 Å². The van der Waals surface area contributed by atoms with Crippen molar-refractivity contribution >= 4 is 31.9 Å². The van der Waals surface area contributed by atoms with Gasteiger partial charge in [-0.3, -0.25) is 0 Å². The molecule has 0 aliphatic carbocycles. The van der Waals surface area contributed by atoms with Crippen molar-refractivity contribution in [2.75, 3.05) is 6.54 Å². The molecule has 2 nitrogen and oxygen atoms in total. The predicted molar refractivity (Wildman–Crippen MR) is 95.1 cm³/mol. The summed E-state index contributed by atoms with van der Waals surface area (Å²) in [5.41, 5.74) is 1.23. The third kappa shape index (κ3) is 4.83. The first-order valence-electron chi connectivity index (χ1n) is 7.06. The monoisotopic (exact) mass is 411 g/mol. The van der Waals surface area contributed by atoms with Crippen LogP contribution in [0.2, 0.25) is 0 Å². The third-order valence-electron chi connectivity index (χ3n) is 3.18. The lowest BCUT2D eigenvalue weighted by atomic mass is 10.1. The number of hydrogen-bond acceptors (Lipinski definition) is 2. The first-order chi connectivity index (χ1) is 10.1. The molecule has 2 rings (SSSR count). The summed E-state index contributed by atoms with van der Waals surface area (Å²) in [5.74, 6) is 1.66. The Balaban J connectivity index is 2.13. The smallest absolute Gasteiger partial charge is 0.141 e. The summed E-state index contributed by atoms with van der Waals surface area (Å²) in [5, 5.41) is 3.49. The first-order valence-corrected chi connectivity index (χ1v) is 8.65. The molecule has 112 valence electrons. The highest BCUT2D eigenvalue weighted by Gasteiger charge is 2.07. The summed E-state index contributed by atoms with van der Waals surface area (Å²) >= 11 is 6.96. The normalized spacial score (nSPS) is 12.2. The average molecular weight is 413 g/mol. The number of ether oxygens (including phenoxy) is 1. The fourth-order valence-electron chi connectivity index (χ4n) is 2.01. The van der Waals surface area contributed by atoms with Crippen molar-refractivity contribution in [1.82, 2.24) is 5.32 Å². The Morgan fingerprint density at radius 1 is 1.14 bits per heavy atom. The van der Waals surface area contributed by atoms with Gasteiger partial charge in [0.1, 0.15) is 11.5 Å². The lowest BCUT2D eigenvalue weighted by Gasteiger charge is -2.15. The zero-order chi connectivity index (χ0) is 15.2. The Kier molecular flexibility index (Phi) is 6.27. The minimum atomic E-state index is 0.321. The van der Waals surface area contributed by atoms with Gasteiger partial charge in [-0.05, 0) is 71.7 Å². The Hall–Kier alpha value is -0.840. The van der Waals surface area contributed by atoms with E-state index in [1.54, 1.807) is 0 Å². The van der Waals surface area contributed by atoms with E-state index in [0.29, 0.717) is 6.04 Å². The lowest BCUT2D eigenvalue weighted by Crippen LogP contribution is -2.19. The molecule has 21 heavy (non-hydrogen) atoms. The van der Waals surface area contributed by atoms with Crippen molar-refractivity contribution in [2.45, 2.75) is 26.3 Å². The van der Waals surface area contributed by atoms with Gasteiger partial charge in [-0.1, -0.05) is 35.0 Å². The van der Waals surface area contributed by atoms with E-state index in [1.807, 2.05) is 30.3 Å². The summed E-state index contributed by atoms with van der Waals surface area (Å²) in [6.45, 7) is 5.36. The van der Waals surface area contributed by atoms with Gasteiger partial charge in [-0.15, -0.1) is 0 Å². The van der Waals surface area contributed by atoms with Crippen molar-refractivity contribution in [3.8, 4) is 11.5 Å². The number of halogens is 2. The van der Waals surface area contributed by atoms with Crippen molar-refractivity contribution in [3.63, 3.8) is 0 Å². The van der Waals surface area contributed by atoms with Gasteiger partial charge in [0.05, 0.1) is 4.47 Å². The standard InChI is InChI=1S/C17H19Br2NO/c1-3-9-20-12(2)13-5-4-6-15(10-13)21-17-8-7-14(18)11-16(17)19/h4-8,10-12,20H,3,9H2,1-2H3. The topological polar surface area (TPSA) is 21.3 Å². The van der Waals surface area contributed by atoms with Gasteiger partial charge in [0.15, 0.2) is 0 Å². The van der Waals surface area contributed by atoms with Crippen molar-refractivity contribution in [1.29, 1.82) is 0 Å². The molecule has 0 heterocycles. The van der Waals surface area contributed by atoms with Gasteiger partial charge in [0.25, 0.3) is 0 Å². The molecule has 2 aromatic carbocycles. The summed E-state index contributed by atoms with van der Waals surface area (Å²) in [6.07, 6.45) is 1.13. The molecule has 1 N–H and O–H groups in total. The van der Waals surface area contributed by atoms with E-state index in [0.717, 1.165) is 33.4 Å². The van der Waals surface area contributed by atoms with E-state index in [1.165, 1.54) is 5.56 Å². The van der Waals surface area contributed by atoms with E-state index in [9.17, 15) is 0 Å². The molecule has 0 saturated heterocycles. The molecule has 0 aliphatic rings. The van der Waals surface area contributed by atoms with Crippen molar-refractivity contribution in [2.24, 2.45) is 0 Å². The molecule has 4 heteroatoms. The van der Waals surface area contributed by atoms with Crippen molar-refractivity contribution in [3.05, 3.63) is 57.0 Å². The van der Waals surface area contributed by atoms with E-state index < -0.39 is 0 Å². The molecule has 1 atom stereocenters. The second kappa shape index (κ2) is 7.97. The van der Waals surface area contributed by atoms with Crippen LogP contribution in [0.5, 0.6) is 11.5 Å². The van der Waals surface area contributed by atoms with Crippen LogP contribution < -0.4 is 10.1 Å². The molecule has 0 saturated carbocycles. The van der Waals surface area contributed by atoms with Gasteiger partial charge in [0.2, 0.25) is 0 Å². The van der Waals surface area contributed by atoms with E-state index in [2.05, 4.69) is 63.2 Å². The number of rotatable bonds is 6. The van der Waals surface area contributed by atoms with Crippen LogP contribution in [0.15, 0.2) is 51.4 Å².